The largest absolute Gasteiger partial charge is 0.459 e. The Morgan fingerprint density at radius 2 is 2.05 bits per heavy atom. The van der Waals surface area contributed by atoms with Crippen molar-refractivity contribution < 1.29 is 9.53 Å². The maximum absolute atomic E-state index is 11.3. The summed E-state index contributed by atoms with van der Waals surface area (Å²) in [6.07, 6.45) is 0. The summed E-state index contributed by atoms with van der Waals surface area (Å²) in [4.78, 5) is 17.8. The van der Waals surface area contributed by atoms with Crippen LogP contribution in [0.1, 0.15) is 15.9 Å². The number of amidine groups is 1. The molecule has 3 N–H and O–H groups in total. The van der Waals surface area contributed by atoms with Crippen LogP contribution >= 0.6 is 23.4 Å². The van der Waals surface area contributed by atoms with Gasteiger partial charge in [0.2, 0.25) is 0 Å². The van der Waals surface area contributed by atoms with Crippen molar-refractivity contribution in [3.8, 4) is 0 Å². The molecule has 0 bridgehead atoms. The molecule has 0 saturated heterocycles. The number of nitrogens with one attached hydrogen (secondary N) is 1. The van der Waals surface area contributed by atoms with Gasteiger partial charge in [-0.1, -0.05) is 29.8 Å². The van der Waals surface area contributed by atoms with Gasteiger partial charge in [0.1, 0.15) is 6.61 Å². The lowest BCUT2D eigenvalue weighted by molar-refractivity contribution is 0.100. The van der Waals surface area contributed by atoms with E-state index in [-0.39, 0.29) is 18.2 Å². The van der Waals surface area contributed by atoms with E-state index in [1.54, 1.807) is 18.2 Å². The minimum atomic E-state index is -0.598. The van der Waals surface area contributed by atoms with Crippen LogP contribution in [0.25, 0.3) is 0 Å². The molecule has 0 spiro atoms. The second-order valence-corrected chi connectivity index (χ2v) is 4.86. The van der Waals surface area contributed by atoms with Crippen molar-refractivity contribution in [2.75, 3.05) is 0 Å². The SMILES string of the molecule is NC(=O)c1cc[c]cc1N=C(NCl)OCc1ccc(Cl)cc1. The lowest BCUT2D eigenvalue weighted by Gasteiger charge is -2.08. The molecule has 1 radical (unpaired) electrons. The van der Waals surface area contributed by atoms with Crippen LogP contribution in [-0.4, -0.2) is 11.9 Å². The molecule has 0 saturated carbocycles. The van der Waals surface area contributed by atoms with Gasteiger partial charge >= 0.3 is 6.02 Å². The van der Waals surface area contributed by atoms with E-state index in [1.807, 2.05) is 12.1 Å². The number of carbonyl (C=O) groups excluding carboxylic acids is 1. The molecule has 113 valence electrons. The fourth-order valence-corrected chi connectivity index (χ4v) is 1.87. The van der Waals surface area contributed by atoms with Crippen LogP contribution in [0.4, 0.5) is 5.69 Å². The molecule has 0 aromatic heterocycles. The molecule has 0 atom stereocenters. The third-order valence-corrected chi connectivity index (χ3v) is 3.11. The smallest absolute Gasteiger partial charge is 0.305 e. The van der Waals surface area contributed by atoms with Gasteiger partial charge in [0.25, 0.3) is 5.91 Å². The second kappa shape index (κ2) is 7.68. The molecular weight excluding hydrogens is 325 g/mol. The van der Waals surface area contributed by atoms with Gasteiger partial charge in [-0.25, -0.2) is 0 Å². The Labute approximate surface area is 137 Å². The standard InChI is InChI=1S/C15H12Cl2N3O2/c16-11-7-5-10(6-8-11)9-22-15(20-17)19-13-4-2-1-3-12(13)14(18)21/h1,3-8H,9H2,(H2,18,21)(H,19,20). The van der Waals surface area contributed by atoms with E-state index in [2.05, 4.69) is 15.9 Å². The number of benzene rings is 2. The summed E-state index contributed by atoms with van der Waals surface area (Å²) >= 11 is 11.4. The molecule has 2 aromatic rings. The van der Waals surface area contributed by atoms with Gasteiger partial charge in [-0.05, 0) is 35.9 Å². The number of nitrogens with zero attached hydrogens (tertiary/aromatic N) is 1. The van der Waals surface area contributed by atoms with Gasteiger partial charge in [0, 0.05) is 16.8 Å². The Kier molecular flexibility index (Phi) is 5.63. The van der Waals surface area contributed by atoms with Crippen molar-refractivity contribution in [1.29, 1.82) is 0 Å². The Bertz CT molecular complexity index is 687. The lowest BCUT2D eigenvalue weighted by atomic mass is 10.2. The van der Waals surface area contributed by atoms with E-state index in [4.69, 9.17) is 33.8 Å². The van der Waals surface area contributed by atoms with Crippen LogP contribution in [0.3, 0.4) is 0 Å². The highest BCUT2D eigenvalue weighted by molar-refractivity contribution is 6.30. The normalized spacial score (nSPS) is 11.1. The zero-order chi connectivity index (χ0) is 15.9. The predicted molar refractivity (Wildman–Crippen MR) is 86.1 cm³/mol. The second-order valence-electron chi connectivity index (χ2n) is 4.23. The molecule has 2 rings (SSSR count). The minimum absolute atomic E-state index is 0.0405. The minimum Gasteiger partial charge on any atom is -0.459 e. The topological polar surface area (TPSA) is 76.7 Å². The van der Waals surface area contributed by atoms with Gasteiger partial charge in [-0.2, -0.15) is 4.99 Å². The van der Waals surface area contributed by atoms with E-state index in [9.17, 15) is 4.79 Å². The Hall–Kier alpha value is -2.24. The average molecular weight is 337 g/mol. The molecule has 5 nitrogen and oxygen atoms in total. The number of halogens is 2. The first-order valence-corrected chi connectivity index (χ1v) is 6.98. The highest BCUT2D eigenvalue weighted by Gasteiger charge is 2.08. The number of rotatable bonds is 4. The number of ether oxygens (including phenoxy) is 1. The van der Waals surface area contributed by atoms with E-state index < -0.39 is 5.91 Å². The van der Waals surface area contributed by atoms with Crippen LogP contribution < -0.4 is 10.6 Å². The first-order valence-electron chi connectivity index (χ1n) is 6.22. The summed E-state index contributed by atoms with van der Waals surface area (Å²) in [6.45, 7) is 0.234. The monoisotopic (exact) mass is 336 g/mol. The van der Waals surface area contributed by atoms with Crippen molar-refractivity contribution >= 4 is 41.0 Å². The quantitative estimate of drug-likeness (QED) is 0.511. The van der Waals surface area contributed by atoms with Crippen LogP contribution in [0.2, 0.25) is 5.02 Å². The maximum atomic E-state index is 11.3. The Balaban J connectivity index is 2.14. The van der Waals surface area contributed by atoms with Crippen LogP contribution in [-0.2, 0) is 11.3 Å². The molecule has 0 aliphatic rings. The fraction of sp³-hybridized carbons (Fsp3) is 0.0667. The van der Waals surface area contributed by atoms with Crippen LogP contribution in [0, 0.1) is 6.07 Å². The number of aliphatic imine (C=N–C) groups is 1. The maximum Gasteiger partial charge on any atom is 0.305 e. The van der Waals surface area contributed by atoms with Gasteiger partial charge in [-0.15, -0.1) is 0 Å². The van der Waals surface area contributed by atoms with E-state index in [0.29, 0.717) is 10.7 Å². The highest BCUT2D eigenvalue weighted by Crippen LogP contribution is 2.18. The van der Waals surface area contributed by atoms with Crippen molar-refractivity contribution in [2.24, 2.45) is 10.7 Å². The molecule has 0 fully saturated rings. The van der Waals surface area contributed by atoms with Gasteiger partial charge < -0.3 is 10.5 Å². The van der Waals surface area contributed by atoms with Crippen molar-refractivity contribution in [1.82, 2.24) is 4.84 Å². The molecule has 1 amide bonds. The molecule has 0 heterocycles. The number of hydrogen-bond acceptors (Lipinski definition) is 3. The summed E-state index contributed by atoms with van der Waals surface area (Å²) in [7, 11) is 0. The lowest BCUT2D eigenvalue weighted by Crippen LogP contribution is -2.17. The summed E-state index contributed by atoms with van der Waals surface area (Å²) in [5, 5.41) is 0.638. The third kappa shape index (κ3) is 4.38. The van der Waals surface area contributed by atoms with Gasteiger partial charge in [0.05, 0.1) is 11.3 Å². The average Bonchev–Trinajstić information content (AvgIpc) is 2.53. The first-order chi connectivity index (χ1) is 10.6. The number of hydrogen-bond donors (Lipinski definition) is 2. The molecule has 0 aliphatic carbocycles. The molecule has 0 aliphatic heterocycles. The van der Waals surface area contributed by atoms with Gasteiger partial charge in [0.15, 0.2) is 0 Å². The van der Waals surface area contributed by atoms with E-state index in [1.165, 1.54) is 12.1 Å². The third-order valence-electron chi connectivity index (χ3n) is 2.70. The number of nitrogens with two attached hydrogens (primary N) is 1. The molecule has 22 heavy (non-hydrogen) atoms. The number of amides is 1. The van der Waals surface area contributed by atoms with Crippen molar-refractivity contribution in [3.63, 3.8) is 0 Å². The zero-order valence-electron chi connectivity index (χ0n) is 11.3. The van der Waals surface area contributed by atoms with E-state index in [0.717, 1.165) is 5.56 Å². The predicted octanol–water partition coefficient (Wildman–Crippen LogP) is 3.19. The summed E-state index contributed by atoms with van der Waals surface area (Å²) < 4.78 is 5.45. The van der Waals surface area contributed by atoms with E-state index >= 15 is 0 Å². The molecule has 7 heteroatoms. The van der Waals surface area contributed by atoms with Crippen LogP contribution in [0.15, 0.2) is 47.5 Å². The fourth-order valence-electron chi connectivity index (χ4n) is 1.64. The van der Waals surface area contributed by atoms with Gasteiger partial charge in [-0.3, -0.25) is 9.63 Å². The van der Waals surface area contributed by atoms with Crippen LogP contribution in [0.5, 0.6) is 0 Å². The Morgan fingerprint density at radius 1 is 1.32 bits per heavy atom. The molecule has 0 unspecified atom stereocenters. The summed E-state index contributed by atoms with van der Waals surface area (Å²) in [6, 6.07) is 14.6. The Morgan fingerprint density at radius 3 is 2.68 bits per heavy atom. The molecular formula is C15H12Cl2N3O2. The number of primary amides is 1. The van der Waals surface area contributed by atoms with Crippen molar-refractivity contribution in [2.45, 2.75) is 6.61 Å². The zero-order valence-corrected chi connectivity index (χ0v) is 12.9. The number of carbonyl (C=O) groups is 1. The van der Waals surface area contributed by atoms with Crippen molar-refractivity contribution in [3.05, 3.63) is 64.7 Å². The summed E-state index contributed by atoms with van der Waals surface area (Å²) in [5.41, 5.74) is 6.73. The first kappa shape index (κ1) is 16.1. The summed E-state index contributed by atoms with van der Waals surface area (Å²) in [5.74, 6) is -0.598. The highest BCUT2D eigenvalue weighted by atomic mass is 35.5. The molecule has 2 aromatic carbocycles.